The Morgan fingerprint density at radius 1 is 1.44 bits per heavy atom. The second-order valence-corrected chi connectivity index (χ2v) is 4.79. The lowest BCUT2D eigenvalue weighted by Gasteiger charge is -2.31. The predicted molar refractivity (Wildman–Crippen MR) is 71.3 cm³/mol. The van der Waals surface area contributed by atoms with Gasteiger partial charge < -0.3 is 15.4 Å². The third-order valence-electron chi connectivity index (χ3n) is 3.55. The van der Waals surface area contributed by atoms with Crippen molar-refractivity contribution in [2.24, 2.45) is 11.7 Å². The molecule has 1 aliphatic carbocycles. The van der Waals surface area contributed by atoms with Gasteiger partial charge in [0.25, 0.3) is 0 Å². The van der Waals surface area contributed by atoms with E-state index in [1.165, 1.54) is 12.8 Å². The number of ether oxygens (including phenoxy) is 1. The summed E-state index contributed by atoms with van der Waals surface area (Å²) < 4.78 is 5.20. The summed E-state index contributed by atoms with van der Waals surface area (Å²) >= 11 is 0. The highest BCUT2D eigenvalue weighted by Crippen LogP contribution is 2.36. The van der Waals surface area contributed by atoms with E-state index in [1.807, 2.05) is 0 Å². The molecule has 0 aromatic carbocycles. The van der Waals surface area contributed by atoms with Crippen LogP contribution in [0.3, 0.4) is 0 Å². The monoisotopic (exact) mass is 250 g/mol. The molecule has 1 aromatic heterocycles. The maximum atomic E-state index is 5.75. The van der Waals surface area contributed by atoms with E-state index in [0.29, 0.717) is 19.2 Å². The second kappa shape index (κ2) is 6.11. The van der Waals surface area contributed by atoms with Crippen LogP contribution in [-0.4, -0.2) is 36.3 Å². The number of nitrogens with zero attached hydrogens (tertiary/aromatic N) is 3. The van der Waals surface area contributed by atoms with Gasteiger partial charge in [0.1, 0.15) is 0 Å². The summed E-state index contributed by atoms with van der Waals surface area (Å²) in [6, 6.07) is 0.474. The average molecular weight is 250 g/mol. The number of anilines is 1. The van der Waals surface area contributed by atoms with Gasteiger partial charge in [0.05, 0.1) is 12.3 Å². The predicted octanol–water partition coefficient (Wildman–Crippen LogP) is 1.19. The fraction of sp³-hybridized carbons (Fsp3) is 0.692. The van der Waals surface area contributed by atoms with Gasteiger partial charge in [-0.2, -0.15) is 0 Å². The highest BCUT2D eigenvalue weighted by Gasteiger charge is 2.33. The number of hydrogen-bond acceptors (Lipinski definition) is 5. The Labute approximate surface area is 108 Å². The summed E-state index contributed by atoms with van der Waals surface area (Å²) in [5.74, 6) is 1.69. The Kier molecular flexibility index (Phi) is 4.49. The molecule has 5 nitrogen and oxygen atoms in total. The summed E-state index contributed by atoms with van der Waals surface area (Å²) in [5, 5.41) is 0. The molecule has 1 aromatic rings. The molecule has 1 saturated carbocycles. The lowest BCUT2D eigenvalue weighted by molar-refractivity contribution is 0.202. The molecule has 100 valence electrons. The van der Waals surface area contributed by atoms with Crippen LogP contribution in [0.4, 0.5) is 5.82 Å². The Morgan fingerprint density at radius 3 is 2.78 bits per heavy atom. The second-order valence-electron chi connectivity index (χ2n) is 4.79. The first-order chi connectivity index (χ1) is 8.77. The molecular weight excluding hydrogens is 228 g/mol. The summed E-state index contributed by atoms with van der Waals surface area (Å²) in [6.45, 7) is 4.20. The SMILES string of the molecule is COCCN(c1nccnc1CN)C(C)C1CC1. The molecule has 1 unspecified atom stereocenters. The van der Waals surface area contributed by atoms with Crippen molar-refractivity contribution >= 4 is 5.82 Å². The minimum atomic E-state index is 0.421. The summed E-state index contributed by atoms with van der Waals surface area (Å²) in [6.07, 6.45) is 6.04. The van der Waals surface area contributed by atoms with Crippen LogP contribution in [0.15, 0.2) is 12.4 Å². The van der Waals surface area contributed by atoms with Crippen molar-refractivity contribution in [2.45, 2.75) is 32.4 Å². The smallest absolute Gasteiger partial charge is 0.151 e. The van der Waals surface area contributed by atoms with Gasteiger partial charge >= 0.3 is 0 Å². The first-order valence-corrected chi connectivity index (χ1v) is 6.53. The van der Waals surface area contributed by atoms with Crippen LogP contribution in [0.1, 0.15) is 25.5 Å². The molecule has 0 saturated heterocycles. The van der Waals surface area contributed by atoms with Crippen molar-refractivity contribution in [3.63, 3.8) is 0 Å². The molecule has 18 heavy (non-hydrogen) atoms. The zero-order valence-corrected chi connectivity index (χ0v) is 11.2. The fourth-order valence-electron chi connectivity index (χ4n) is 2.27. The maximum absolute atomic E-state index is 5.75. The molecule has 0 radical (unpaired) electrons. The Morgan fingerprint density at radius 2 is 2.17 bits per heavy atom. The van der Waals surface area contributed by atoms with Gasteiger partial charge in [-0.3, -0.25) is 4.98 Å². The normalized spacial score (nSPS) is 16.6. The standard InChI is InChI=1S/C13H22N4O/c1-10(11-3-4-11)17(7-8-18-2)13-12(9-14)15-5-6-16-13/h5-6,10-11H,3-4,7-9,14H2,1-2H3. The van der Waals surface area contributed by atoms with E-state index in [-0.39, 0.29) is 0 Å². The fourth-order valence-corrected chi connectivity index (χ4v) is 2.27. The van der Waals surface area contributed by atoms with Gasteiger partial charge in [0, 0.05) is 38.6 Å². The zero-order chi connectivity index (χ0) is 13.0. The molecule has 0 bridgehead atoms. The van der Waals surface area contributed by atoms with E-state index in [1.54, 1.807) is 19.5 Å². The zero-order valence-electron chi connectivity index (χ0n) is 11.2. The Balaban J connectivity index is 2.20. The van der Waals surface area contributed by atoms with Crippen molar-refractivity contribution in [1.82, 2.24) is 9.97 Å². The van der Waals surface area contributed by atoms with Crippen LogP contribution in [0.2, 0.25) is 0 Å². The van der Waals surface area contributed by atoms with E-state index in [4.69, 9.17) is 10.5 Å². The highest BCUT2D eigenvalue weighted by atomic mass is 16.5. The average Bonchev–Trinajstić information content (AvgIpc) is 3.23. The summed E-state index contributed by atoms with van der Waals surface area (Å²) in [4.78, 5) is 11.1. The van der Waals surface area contributed by atoms with Crippen LogP contribution >= 0.6 is 0 Å². The quantitative estimate of drug-likeness (QED) is 0.787. The lowest BCUT2D eigenvalue weighted by atomic mass is 10.1. The van der Waals surface area contributed by atoms with Crippen LogP contribution in [0.25, 0.3) is 0 Å². The molecule has 5 heteroatoms. The Bertz CT molecular complexity index is 381. The minimum Gasteiger partial charge on any atom is -0.383 e. The van der Waals surface area contributed by atoms with Crippen LogP contribution in [-0.2, 0) is 11.3 Å². The third-order valence-corrected chi connectivity index (χ3v) is 3.55. The number of hydrogen-bond donors (Lipinski definition) is 1. The lowest BCUT2D eigenvalue weighted by Crippen LogP contribution is -2.39. The largest absolute Gasteiger partial charge is 0.383 e. The van der Waals surface area contributed by atoms with Crippen LogP contribution in [0.5, 0.6) is 0 Å². The molecule has 1 heterocycles. The number of aromatic nitrogens is 2. The number of nitrogens with two attached hydrogens (primary N) is 1. The van der Waals surface area contributed by atoms with Gasteiger partial charge in [0.15, 0.2) is 5.82 Å². The summed E-state index contributed by atoms with van der Waals surface area (Å²) in [5.41, 5.74) is 6.61. The third kappa shape index (κ3) is 2.97. The van der Waals surface area contributed by atoms with E-state index < -0.39 is 0 Å². The van der Waals surface area contributed by atoms with E-state index in [2.05, 4.69) is 21.8 Å². The van der Waals surface area contributed by atoms with E-state index in [9.17, 15) is 0 Å². The van der Waals surface area contributed by atoms with Gasteiger partial charge in [0.2, 0.25) is 0 Å². The van der Waals surface area contributed by atoms with Gasteiger partial charge in [-0.05, 0) is 25.7 Å². The van der Waals surface area contributed by atoms with E-state index in [0.717, 1.165) is 24.0 Å². The maximum Gasteiger partial charge on any atom is 0.151 e. The molecule has 2 rings (SSSR count). The summed E-state index contributed by atoms with van der Waals surface area (Å²) in [7, 11) is 1.72. The van der Waals surface area contributed by atoms with Crippen molar-refractivity contribution in [1.29, 1.82) is 0 Å². The van der Waals surface area contributed by atoms with Crippen molar-refractivity contribution < 1.29 is 4.74 Å². The van der Waals surface area contributed by atoms with Crippen molar-refractivity contribution in [3.8, 4) is 0 Å². The van der Waals surface area contributed by atoms with Gasteiger partial charge in [-0.25, -0.2) is 4.98 Å². The minimum absolute atomic E-state index is 0.421. The van der Waals surface area contributed by atoms with Gasteiger partial charge in [-0.15, -0.1) is 0 Å². The van der Waals surface area contributed by atoms with Crippen molar-refractivity contribution in [3.05, 3.63) is 18.1 Å². The molecule has 0 aliphatic heterocycles. The molecule has 1 aliphatic rings. The topological polar surface area (TPSA) is 64.3 Å². The highest BCUT2D eigenvalue weighted by molar-refractivity contribution is 5.44. The Hall–Kier alpha value is -1.20. The molecule has 0 amide bonds. The molecule has 1 fully saturated rings. The molecular formula is C13H22N4O. The van der Waals surface area contributed by atoms with Gasteiger partial charge in [-0.1, -0.05) is 0 Å². The first-order valence-electron chi connectivity index (χ1n) is 6.53. The van der Waals surface area contributed by atoms with Crippen LogP contribution < -0.4 is 10.6 Å². The number of rotatable bonds is 7. The first kappa shape index (κ1) is 13.2. The van der Waals surface area contributed by atoms with Crippen molar-refractivity contribution in [2.75, 3.05) is 25.2 Å². The molecule has 2 N–H and O–H groups in total. The van der Waals surface area contributed by atoms with Crippen LogP contribution in [0, 0.1) is 5.92 Å². The molecule has 1 atom stereocenters. The number of methoxy groups -OCH3 is 1. The van der Waals surface area contributed by atoms with E-state index >= 15 is 0 Å². The molecule has 0 spiro atoms.